The van der Waals surface area contributed by atoms with E-state index < -0.39 is 17.0 Å². The first-order chi connectivity index (χ1) is 8.72. The molecular formula is C12H15NO4S. The Bertz CT molecular complexity index is 457. The Morgan fingerprint density at radius 1 is 1.39 bits per heavy atom. The van der Waals surface area contributed by atoms with E-state index in [1.54, 1.807) is 24.3 Å². The third-order valence-corrected chi connectivity index (χ3v) is 4.15. The van der Waals surface area contributed by atoms with Crippen LogP contribution in [-0.4, -0.2) is 47.9 Å². The average Bonchev–Trinajstić information content (AvgIpc) is 2.46. The zero-order valence-electron chi connectivity index (χ0n) is 10.1. The molecule has 0 saturated carbocycles. The minimum absolute atomic E-state index is 0.414. The van der Waals surface area contributed by atoms with Crippen LogP contribution >= 0.6 is 0 Å². The maximum Gasteiger partial charge on any atom is 0.337 e. The molecule has 0 radical (unpaired) electrons. The van der Waals surface area contributed by atoms with Gasteiger partial charge in [0, 0.05) is 13.1 Å². The molecule has 1 aliphatic rings. The van der Waals surface area contributed by atoms with Gasteiger partial charge in [0.2, 0.25) is 0 Å². The van der Waals surface area contributed by atoms with Crippen molar-refractivity contribution in [3.8, 4) is 0 Å². The Balaban J connectivity index is 2.17. The van der Waals surface area contributed by atoms with Crippen LogP contribution in [0.3, 0.4) is 0 Å². The zero-order chi connectivity index (χ0) is 13.0. The Hall–Kier alpha value is -1.24. The molecule has 0 spiro atoms. The molecule has 1 fully saturated rings. The molecule has 1 heterocycles. The third-order valence-electron chi connectivity index (χ3n) is 2.66. The molecule has 1 saturated heterocycles. The molecule has 1 unspecified atom stereocenters. The second kappa shape index (κ2) is 6.08. The second-order valence-electron chi connectivity index (χ2n) is 3.81. The fourth-order valence-electron chi connectivity index (χ4n) is 1.71. The summed E-state index contributed by atoms with van der Waals surface area (Å²) in [7, 11) is 0.0742. The number of carbonyl (C=O) groups excluding carboxylic acids is 1. The van der Waals surface area contributed by atoms with Crippen LogP contribution in [0.25, 0.3) is 0 Å². The van der Waals surface area contributed by atoms with Crippen LogP contribution in [0, 0.1) is 0 Å². The molecule has 0 amide bonds. The zero-order valence-corrected chi connectivity index (χ0v) is 10.9. The number of hydrogen-bond donors (Lipinski definition) is 0. The fraction of sp³-hybridized carbons (Fsp3) is 0.417. The number of benzene rings is 1. The first-order valence-electron chi connectivity index (χ1n) is 5.65. The predicted octanol–water partition coefficient (Wildman–Crippen LogP) is 0.828. The summed E-state index contributed by atoms with van der Waals surface area (Å²) in [4.78, 5) is 12.0. The van der Waals surface area contributed by atoms with Gasteiger partial charge in [0.15, 0.2) is 0 Å². The van der Waals surface area contributed by atoms with Crippen LogP contribution in [-0.2, 0) is 20.5 Å². The second-order valence-corrected chi connectivity index (χ2v) is 5.30. The Kier molecular flexibility index (Phi) is 4.46. The van der Waals surface area contributed by atoms with Gasteiger partial charge in [-0.2, -0.15) is 0 Å². The highest BCUT2D eigenvalue weighted by atomic mass is 32.2. The monoisotopic (exact) mass is 269 g/mol. The van der Waals surface area contributed by atoms with Crippen molar-refractivity contribution in [3.63, 3.8) is 0 Å². The number of esters is 1. The van der Waals surface area contributed by atoms with Crippen LogP contribution in [0.5, 0.6) is 0 Å². The van der Waals surface area contributed by atoms with E-state index in [1.807, 2.05) is 4.31 Å². The highest BCUT2D eigenvalue weighted by Gasteiger charge is 2.19. The highest BCUT2D eigenvalue weighted by molar-refractivity contribution is 7.82. The van der Waals surface area contributed by atoms with Crippen molar-refractivity contribution >= 4 is 17.0 Å². The lowest BCUT2D eigenvalue weighted by Crippen LogP contribution is -2.37. The molecule has 1 atom stereocenters. The standard InChI is InChI=1S/C12H15NO4S/c1-16-12(14)10-3-2-4-11(9-10)18(15)13-5-7-17-8-6-13/h2-4,9H,5-8H2,1H3. The molecule has 6 heteroatoms. The van der Waals surface area contributed by atoms with Gasteiger partial charge in [-0.15, -0.1) is 0 Å². The quantitative estimate of drug-likeness (QED) is 0.763. The predicted molar refractivity (Wildman–Crippen MR) is 66.6 cm³/mol. The SMILES string of the molecule is COC(=O)c1cccc(S(=O)N2CCOCC2)c1. The molecule has 0 bridgehead atoms. The van der Waals surface area contributed by atoms with Crippen LogP contribution in [0.1, 0.15) is 10.4 Å². The minimum atomic E-state index is -1.25. The number of hydrogen-bond acceptors (Lipinski definition) is 4. The lowest BCUT2D eigenvalue weighted by molar-refractivity contribution is 0.0600. The topological polar surface area (TPSA) is 55.8 Å². The molecule has 1 aromatic carbocycles. The maximum absolute atomic E-state index is 12.3. The summed E-state index contributed by atoms with van der Waals surface area (Å²) in [6.45, 7) is 2.44. The fourth-order valence-corrected chi connectivity index (χ4v) is 2.91. The van der Waals surface area contributed by atoms with Crippen molar-refractivity contribution in [2.45, 2.75) is 4.90 Å². The van der Waals surface area contributed by atoms with E-state index in [0.29, 0.717) is 36.8 Å². The van der Waals surface area contributed by atoms with Crippen LogP contribution < -0.4 is 0 Å². The maximum atomic E-state index is 12.3. The van der Waals surface area contributed by atoms with Crippen molar-refractivity contribution in [1.82, 2.24) is 4.31 Å². The summed E-state index contributed by atoms with van der Waals surface area (Å²) in [5.74, 6) is -0.421. The van der Waals surface area contributed by atoms with Gasteiger partial charge in [-0.05, 0) is 18.2 Å². The summed E-state index contributed by atoms with van der Waals surface area (Å²) in [5, 5.41) is 0. The number of ether oxygens (including phenoxy) is 2. The first kappa shape index (κ1) is 13.2. The number of carbonyl (C=O) groups is 1. The molecule has 0 aliphatic carbocycles. The number of morpholine rings is 1. The number of nitrogens with zero attached hydrogens (tertiary/aromatic N) is 1. The molecule has 1 aromatic rings. The van der Waals surface area contributed by atoms with E-state index in [-0.39, 0.29) is 0 Å². The summed E-state index contributed by atoms with van der Waals surface area (Å²) in [6, 6.07) is 6.71. The van der Waals surface area contributed by atoms with Crippen LogP contribution in [0.2, 0.25) is 0 Å². The molecule has 98 valence electrons. The van der Waals surface area contributed by atoms with E-state index >= 15 is 0 Å². The molecule has 1 aliphatic heterocycles. The Labute approximate surface area is 108 Å². The van der Waals surface area contributed by atoms with Crippen molar-refractivity contribution in [2.75, 3.05) is 33.4 Å². The third kappa shape index (κ3) is 2.95. The van der Waals surface area contributed by atoms with E-state index in [0.717, 1.165) is 0 Å². The lowest BCUT2D eigenvalue weighted by atomic mass is 10.2. The molecule has 18 heavy (non-hydrogen) atoms. The summed E-state index contributed by atoms with van der Waals surface area (Å²) >= 11 is 0. The van der Waals surface area contributed by atoms with Crippen molar-refractivity contribution in [3.05, 3.63) is 29.8 Å². The smallest absolute Gasteiger partial charge is 0.337 e. The molecular weight excluding hydrogens is 254 g/mol. The summed E-state index contributed by atoms with van der Waals surface area (Å²) < 4.78 is 24.0. The van der Waals surface area contributed by atoms with Crippen LogP contribution in [0.4, 0.5) is 0 Å². The van der Waals surface area contributed by atoms with E-state index in [4.69, 9.17) is 4.74 Å². The van der Waals surface area contributed by atoms with Crippen LogP contribution in [0.15, 0.2) is 29.2 Å². The number of rotatable bonds is 3. The van der Waals surface area contributed by atoms with Crippen molar-refractivity contribution in [2.24, 2.45) is 0 Å². The van der Waals surface area contributed by atoms with E-state index in [1.165, 1.54) is 7.11 Å². The van der Waals surface area contributed by atoms with Gasteiger partial charge in [-0.25, -0.2) is 13.3 Å². The van der Waals surface area contributed by atoms with Gasteiger partial charge < -0.3 is 9.47 Å². The Morgan fingerprint density at radius 3 is 2.78 bits per heavy atom. The molecule has 0 aromatic heterocycles. The van der Waals surface area contributed by atoms with E-state index in [2.05, 4.69) is 4.74 Å². The largest absolute Gasteiger partial charge is 0.465 e. The van der Waals surface area contributed by atoms with Gasteiger partial charge in [0.05, 0.1) is 30.8 Å². The lowest BCUT2D eigenvalue weighted by Gasteiger charge is -2.25. The first-order valence-corrected chi connectivity index (χ1v) is 6.76. The van der Waals surface area contributed by atoms with E-state index in [9.17, 15) is 9.00 Å². The number of methoxy groups -OCH3 is 1. The molecule has 5 nitrogen and oxygen atoms in total. The van der Waals surface area contributed by atoms with Crippen molar-refractivity contribution in [1.29, 1.82) is 0 Å². The summed E-state index contributed by atoms with van der Waals surface area (Å²) in [5.41, 5.74) is 0.414. The van der Waals surface area contributed by atoms with Gasteiger partial charge >= 0.3 is 5.97 Å². The van der Waals surface area contributed by atoms with Gasteiger partial charge in [0.1, 0.15) is 11.0 Å². The van der Waals surface area contributed by atoms with Gasteiger partial charge in [0.25, 0.3) is 0 Å². The van der Waals surface area contributed by atoms with Crippen molar-refractivity contribution < 1.29 is 18.5 Å². The van der Waals surface area contributed by atoms with Gasteiger partial charge in [-0.3, -0.25) is 0 Å². The Morgan fingerprint density at radius 2 is 2.11 bits per heavy atom. The average molecular weight is 269 g/mol. The normalized spacial score (nSPS) is 18.3. The minimum Gasteiger partial charge on any atom is -0.465 e. The highest BCUT2D eigenvalue weighted by Crippen LogP contribution is 2.15. The summed E-state index contributed by atoms with van der Waals surface area (Å²) in [6.07, 6.45) is 0. The molecule has 0 N–H and O–H groups in total. The van der Waals surface area contributed by atoms with Gasteiger partial charge in [-0.1, -0.05) is 6.07 Å². The molecule has 2 rings (SSSR count).